The van der Waals surface area contributed by atoms with Crippen LogP contribution in [0.4, 0.5) is 22.9 Å². The van der Waals surface area contributed by atoms with Crippen molar-refractivity contribution in [1.82, 2.24) is 19.7 Å². The van der Waals surface area contributed by atoms with Gasteiger partial charge in [0, 0.05) is 66.4 Å². The molecule has 0 saturated carbocycles. The molecule has 40 heavy (non-hydrogen) atoms. The maximum absolute atomic E-state index is 13.1. The van der Waals surface area contributed by atoms with Gasteiger partial charge in [0.2, 0.25) is 0 Å². The summed E-state index contributed by atoms with van der Waals surface area (Å²) < 4.78 is 1.95. The first kappa shape index (κ1) is 25.6. The monoisotopic (exact) mass is 531 g/mol. The summed E-state index contributed by atoms with van der Waals surface area (Å²) in [6.07, 6.45) is 9.42. The van der Waals surface area contributed by atoms with E-state index >= 15 is 0 Å². The molecule has 2 aromatic heterocycles. The summed E-state index contributed by atoms with van der Waals surface area (Å²) in [5.41, 5.74) is 7.00. The Hall–Kier alpha value is -4.69. The zero-order valence-electron chi connectivity index (χ0n) is 22.6. The standard InChI is InChI=1S/C32H33N7O/c1-33-21-23-8-10-27(11-9-23)36-32(40)25-7-5-6-24(20-25)29-22-39-19-16-34-31(39)30(37-29)35-26-12-14-28(15-13-26)38-17-3-2-4-18-38/h5-16,19-20,22,33H,2-4,17-18,21H2,1H3,(H,35,37)(H,36,40). The van der Waals surface area contributed by atoms with Crippen LogP contribution in [0.5, 0.6) is 0 Å². The first-order valence-electron chi connectivity index (χ1n) is 13.8. The highest BCUT2D eigenvalue weighted by Crippen LogP contribution is 2.27. The maximum Gasteiger partial charge on any atom is 0.255 e. The fourth-order valence-electron chi connectivity index (χ4n) is 5.13. The van der Waals surface area contributed by atoms with Crippen molar-refractivity contribution in [3.8, 4) is 11.3 Å². The molecule has 6 rings (SSSR count). The molecule has 1 amide bonds. The van der Waals surface area contributed by atoms with Crippen molar-refractivity contribution < 1.29 is 4.79 Å². The van der Waals surface area contributed by atoms with E-state index in [0.29, 0.717) is 11.4 Å². The Labute approximate surface area is 234 Å². The molecule has 1 fully saturated rings. The Morgan fingerprint density at radius 3 is 2.48 bits per heavy atom. The molecule has 202 valence electrons. The molecule has 3 aromatic carbocycles. The third-order valence-corrected chi connectivity index (χ3v) is 7.24. The molecule has 0 spiro atoms. The van der Waals surface area contributed by atoms with Gasteiger partial charge in [-0.3, -0.25) is 4.79 Å². The van der Waals surface area contributed by atoms with Gasteiger partial charge in [0.1, 0.15) is 0 Å². The lowest BCUT2D eigenvalue weighted by Crippen LogP contribution is -2.29. The van der Waals surface area contributed by atoms with Crippen molar-refractivity contribution in [2.24, 2.45) is 0 Å². The summed E-state index contributed by atoms with van der Waals surface area (Å²) in [6, 6.07) is 23.9. The minimum absolute atomic E-state index is 0.168. The van der Waals surface area contributed by atoms with Gasteiger partial charge in [-0.15, -0.1) is 0 Å². The van der Waals surface area contributed by atoms with E-state index in [0.717, 1.165) is 53.5 Å². The fourth-order valence-corrected chi connectivity index (χ4v) is 5.13. The summed E-state index contributed by atoms with van der Waals surface area (Å²) in [5, 5.41) is 9.58. The Balaban J connectivity index is 1.23. The van der Waals surface area contributed by atoms with E-state index in [-0.39, 0.29) is 5.91 Å². The molecule has 0 unspecified atom stereocenters. The largest absolute Gasteiger partial charge is 0.372 e. The second-order valence-electron chi connectivity index (χ2n) is 10.1. The van der Waals surface area contributed by atoms with Crippen molar-refractivity contribution in [1.29, 1.82) is 0 Å². The number of fused-ring (bicyclic) bond motifs is 1. The van der Waals surface area contributed by atoms with E-state index in [9.17, 15) is 4.79 Å². The van der Waals surface area contributed by atoms with Crippen LogP contribution >= 0.6 is 0 Å². The van der Waals surface area contributed by atoms with Gasteiger partial charge in [0.25, 0.3) is 5.91 Å². The molecular formula is C32H33N7O. The number of carbonyl (C=O) groups is 1. The molecule has 1 aliphatic heterocycles. The molecule has 0 atom stereocenters. The number of amides is 1. The predicted molar refractivity (Wildman–Crippen MR) is 161 cm³/mol. The minimum atomic E-state index is -0.168. The van der Waals surface area contributed by atoms with E-state index in [1.54, 1.807) is 6.20 Å². The summed E-state index contributed by atoms with van der Waals surface area (Å²) >= 11 is 0. The number of anilines is 4. The number of rotatable bonds is 8. The normalized spacial score (nSPS) is 13.4. The summed E-state index contributed by atoms with van der Waals surface area (Å²) in [4.78, 5) is 24.9. The van der Waals surface area contributed by atoms with Crippen LogP contribution < -0.4 is 20.9 Å². The lowest BCUT2D eigenvalue weighted by Gasteiger charge is -2.28. The van der Waals surface area contributed by atoms with Crippen LogP contribution in [0, 0.1) is 0 Å². The lowest BCUT2D eigenvalue weighted by atomic mass is 10.1. The number of imidazole rings is 1. The molecule has 8 heteroatoms. The van der Waals surface area contributed by atoms with Gasteiger partial charge in [0.15, 0.2) is 11.5 Å². The van der Waals surface area contributed by atoms with Gasteiger partial charge >= 0.3 is 0 Å². The molecule has 5 aromatic rings. The van der Waals surface area contributed by atoms with Gasteiger partial charge in [-0.2, -0.15) is 0 Å². The highest BCUT2D eigenvalue weighted by Gasteiger charge is 2.14. The Kier molecular flexibility index (Phi) is 7.41. The van der Waals surface area contributed by atoms with E-state index in [1.165, 1.54) is 24.9 Å². The molecule has 0 aliphatic carbocycles. The molecule has 1 saturated heterocycles. The zero-order chi connectivity index (χ0) is 27.3. The van der Waals surface area contributed by atoms with Crippen LogP contribution in [0.25, 0.3) is 16.9 Å². The van der Waals surface area contributed by atoms with Gasteiger partial charge in [-0.1, -0.05) is 24.3 Å². The Morgan fingerprint density at radius 1 is 0.925 bits per heavy atom. The lowest BCUT2D eigenvalue weighted by molar-refractivity contribution is 0.102. The number of carbonyl (C=O) groups excluding carboxylic acids is 1. The molecule has 0 radical (unpaired) electrons. The number of piperidine rings is 1. The van der Waals surface area contributed by atoms with Gasteiger partial charge < -0.3 is 25.3 Å². The van der Waals surface area contributed by atoms with Crippen molar-refractivity contribution in [2.75, 3.05) is 35.7 Å². The Bertz CT molecular complexity index is 1600. The first-order valence-corrected chi connectivity index (χ1v) is 13.8. The topological polar surface area (TPSA) is 86.6 Å². The van der Waals surface area contributed by atoms with Crippen LogP contribution in [0.3, 0.4) is 0 Å². The van der Waals surface area contributed by atoms with Gasteiger partial charge in [-0.25, -0.2) is 9.97 Å². The number of hydrogen-bond donors (Lipinski definition) is 3. The third kappa shape index (κ3) is 5.67. The number of aromatic nitrogens is 3. The van der Waals surface area contributed by atoms with Crippen LogP contribution in [0.1, 0.15) is 35.2 Å². The van der Waals surface area contributed by atoms with Crippen LogP contribution in [0.15, 0.2) is 91.4 Å². The molecular weight excluding hydrogens is 498 g/mol. The number of nitrogens with zero attached hydrogens (tertiary/aromatic N) is 4. The minimum Gasteiger partial charge on any atom is -0.372 e. The van der Waals surface area contributed by atoms with Gasteiger partial charge in [-0.05, 0) is 80.4 Å². The average molecular weight is 532 g/mol. The van der Waals surface area contributed by atoms with Gasteiger partial charge in [0.05, 0.1) is 5.69 Å². The molecule has 3 N–H and O–H groups in total. The van der Waals surface area contributed by atoms with Crippen molar-refractivity contribution in [3.63, 3.8) is 0 Å². The second-order valence-corrected chi connectivity index (χ2v) is 10.1. The average Bonchev–Trinajstić information content (AvgIpc) is 3.49. The summed E-state index contributed by atoms with van der Waals surface area (Å²) in [6.45, 7) is 3.02. The van der Waals surface area contributed by atoms with E-state index in [1.807, 2.05) is 72.4 Å². The smallest absolute Gasteiger partial charge is 0.255 e. The van der Waals surface area contributed by atoms with Crippen molar-refractivity contribution >= 4 is 34.4 Å². The van der Waals surface area contributed by atoms with Crippen LogP contribution in [-0.4, -0.2) is 40.4 Å². The van der Waals surface area contributed by atoms with Crippen molar-refractivity contribution in [3.05, 3.63) is 103 Å². The fraction of sp³-hybridized carbons (Fsp3) is 0.219. The number of nitrogens with one attached hydrogen (secondary N) is 3. The van der Waals surface area contributed by atoms with Crippen LogP contribution in [-0.2, 0) is 6.54 Å². The maximum atomic E-state index is 13.1. The molecule has 0 bridgehead atoms. The SMILES string of the molecule is CNCc1ccc(NC(=O)c2cccc(-c3cn4ccnc4c(Nc4ccc(N5CCCCC5)cc4)n3)c2)cc1. The first-order chi connectivity index (χ1) is 19.7. The second kappa shape index (κ2) is 11.6. The summed E-state index contributed by atoms with van der Waals surface area (Å²) in [7, 11) is 1.91. The zero-order valence-corrected chi connectivity index (χ0v) is 22.6. The molecule has 8 nitrogen and oxygen atoms in total. The third-order valence-electron chi connectivity index (χ3n) is 7.24. The molecule has 1 aliphatic rings. The van der Waals surface area contributed by atoms with E-state index in [4.69, 9.17) is 4.98 Å². The number of hydrogen-bond acceptors (Lipinski definition) is 6. The Morgan fingerprint density at radius 2 is 1.70 bits per heavy atom. The number of benzene rings is 3. The van der Waals surface area contributed by atoms with Crippen molar-refractivity contribution in [2.45, 2.75) is 25.8 Å². The summed E-state index contributed by atoms with van der Waals surface area (Å²) in [5.74, 6) is 0.490. The van der Waals surface area contributed by atoms with E-state index < -0.39 is 0 Å². The van der Waals surface area contributed by atoms with E-state index in [2.05, 4.69) is 50.1 Å². The molecule has 3 heterocycles. The highest BCUT2D eigenvalue weighted by molar-refractivity contribution is 6.05. The predicted octanol–water partition coefficient (Wildman–Crippen LogP) is 6.10. The quantitative estimate of drug-likeness (QED) is 0.224. The van der Waals surface area contributed by atoms with Crippen LogP contribution in [0.2, 0.25) is 0 Å². The highest BCUT2D eigenvalue weighted by atomic mass is 16.1.